The molecule has 8 nitrogen and oxygen atoms in total. The lowest BCUT2D eigenvalue weighted by atomic mass is 10.1. The third-order valence-electron chi connectivity index (χ3n) is 5.19. The molecule has 2 aromatic carbocycles. The van der Waals surface area contributed by atoms with E-state index in [0.29, 0.717) is 36.8 Å². The van der Waals surface area contributed by atoms with Gasteiger partial charge in [0.15, 0.2) is 0 Å². The fraction of sp³-hybridized carbons (Fsp3) is 0.417. The van der Waals surface area contributed by atoms with E-state index in [1.807, 2.05) is 37.3 Å². The van der Waals surface area contributed by atoms with Gasteiger partial charge in [-0.2, -0.15) is 0 Å². The van der Waals surface area contributed by atoms with E-state index >= 15 is 0 Å². The minimum Gasteiger partial charge on any atom is -0.490 e. The molecule has 1 heterocycles. The summed E-state index contributed by atoms with van der Waals surface area (Å²) in [6, 6.07) is 14.7. The average Bonchev–Trinajstić information content (AvgIpc) is 2.83. The highest BCUT2D eigenvalue weighted by Crippen LogP contribution is 2.21. The van der Waals surface area contributed by atoms with Crippen LogP contribution < -0.4 is 15.0 Å². The van der Waals surface area contributed by atoms with Gasteiger partial charge in [-0.25, -0.2) is 0 Å². The number of likely N-dealkylation sites (N-methyl/N-ethyl adjacent to an activating group) is 1. The predicted octanol–water partition coefficient (Wildman–Crippen LogP) is 2.65. The topological polar surface area (TPSA) is 80.3 Å². The zero-order valence-corrected chi connectivity index (χ0v) is 18.7. The predicted molar refractivity (Wildman–Crippen MR) is 123 cm³/mol. The lowest BCUT2D eigenvalue weighted by Crippen LogP contribution is -2.38. The first-order chi connectivity index (χ1) is 15.6. The summed E-state index contributed by atoms with van der Waals surface area (Å²) in [4.78, 5) is 29.4. The lowest BCUT2D eigenvalue weighted by molar-refractivity contribution is -0.116. The molecule has 0 aliphatic carbocycles. The van der Waals surface area contributed by atoms with Crippen LogP contribution in [0.25, 0.3) is 0 Å². The van der Waals surface area contributed by atoms with Gasteiger partial charge in [0.05, 0.1) is 25.4 Å². The van der Waals surface area contributed by atoms with Crippen LogP contribution in [0.3, 0.4) is 0 Å². The number of methoxy groups -OCH3 is 1. The van der Waals surface area contributed by atoms with Crippen molar-refractivity contribution in [2.45, 2.75) is 6.92 Å². The van der Waals surface area contributed by atoms with Crippen molar-refractivity contribution >= 4 is 23.2 Å². The molecule has 0 bridgehead atoms. The van der Waals surface area contributed by atoms with Crippen LogP contribution in [0.2, 0.25) is 0 Å². The van der Waals surface area contributed by atoms with E-state index in [0.717, 1.165) is 32.0 Å². The van der Waals surface area contributed by atoms with Crippen molar-refractivity contribution in [2.75, 3.05) is 69.9 Å². The highest BCUT2D eigenvalue weighted by molar-refractivity contribution is 6.01. The number of amides is 2. The minimum atomic E-state index is -0.253. The van der Waals surface area contributed by atoms with Crippen molar-refractivity contribution < 1.29 is 23.8 Å². The van der Waals surface area contributed by atoms with Gasteiger partial charge in [-0.15, -0.1) is 0 Å². The van der Waals surface area contributed by atoms with Crippen molar-refractivity contribution in [3.8, 4) is 5.75 Å². The molecule has 1 N–H and O–H groups in total. The molecule has 2 amide bonds. The molecule has 0 atom stereocenters. The lowest BCUT2D eigenvalue weighted by Gasteiger charge is -2.29. The second kappa shape index (κ2) is 12.1. The Hall–Kier alpha value is -3.10. The number of carbonyl (C=O) groups excluding carboxylic acids is 2. The number of rotatable bonds is 10. The molecule has 0 spiro atoms. The van der Waals surface area contributed by atoms with Crippen molar-refractivity contribution in [1.29, 1.82) is 0 Å². The number of anilines is 2. The Morgan fingerprint density at radius 2 is 1.78 bits per heavy atom. The normalized spacial score (nSPS) is 13.5. The second-order valence-corrected chi connectivity index (χ2v) is 7.35. The molecule has 172 valence electrons. The Morgan fingerprint density at radius 1 is 1.06 bits per heavy atom. The number of carbonyl (C=O) groups is 2. The fourth-order valence-electron chi connectivity index (χ4n) is 3.45. The van der Waals surface area contributed by atoms with E-state index < -0.39 is 0 Å². The molecule has 8 heteroatoms. The van der Waals surface area contributed by atoms with E-state index in [1.54, 1.807) is 25.3 Å². The summed E-state index contributed by atoms with van der Waals surface area (Å²) in [6.45, 7) is 6.12. The minimum absolute atomic E-state index is 0.0487. The molecule has 1 saturated heterocycles. The summed E-state index contributed by atoms with van der Waals surface area (Å²) in [5.74, 6) is -0.0254. The van der Waals surface area contributed by atoms with Gasteiger partial charge in [0.2, 0.25) is 5.91 Å². The summed E-state index contributed by atoms with van der Waals surface area (Å²) < 4.78 is 16.1. The summed E-state index contributed by atoms with van der Waals surface area (Å²) in [5.41, 5.74) is 2.22. The van der Waals surface area contributed by atoms with Crippen molar-refractivity contribution in [2.24, 2.45) is 0 Å². The maximum Gasteiger partial charge on any atom is 0.258 e. The Balaban J connectivity index is 1.59. The van der Waals surface area contributed by atoms with Crippen LogP contribution in [-0.2, 0) is 14.3 Å². The van der Waals surface area contributed by atoms with E-state index in [4.69, 9.17) is 14.2 Å². The second-order valence-electron chi connectivity index (χ2n) is 7.35. The Kier molecular flexibility index (Phi) is 8.89. The fourth-order valence-corrected chi connectivity index (χ4v) is 3.45. The number of hydrogen-bond donors (Lipinski definition) is 1. The van der Waals surface area contributed by atoms with Crippen molar-refractivity contribution in [1.82, 2.24) is 4.90 Å². The van der Waals surface area contributed by atoms with Gasteiger partial charge in [-0.05, 0) is 43.3 Å². The molecule has 0 radical (unpaired) electrons. The largest absolute Gasteiger partial charge is 0.490 e. The van der Waals surface area contributed by atoms with Crippen LogP contribution in [0, 0.1) is 0 Å². The van der Waals surface area contributed by atoms with E-state index in [-0.39, 0.29) is 18.4 Å². The first-order valence-electron chi connectivity index (χ1n) is 10.8. The first kappa shape index (κ1) is 23.6. The number of benzene rings is 2. The Morgan fingerprint density at radius 3 is 2.47 bits per heavy atom. The molecule has 1 aliphatic rings. The third-order valence-corrected chi connectivity index (χ3v) is 5.19. The quantitative estimate of drug-likeness (QED) is 0.571. The van der Waals surface area contributed by atoms with Crippen molar-refractivity contribution in [3.63, 3.8) is 0 Å². The molecule has 1 fully saturated rings. The van der Waals surface area contributed by atoms with Crippen LogP contribution in [0.15, 0.2) is 48.5 Å². The molecule has 2 aromatic rings. The molecule has 1 aliphatic heterocycles. The highest BCUT2D eigenvalue weighted by atomic mass is 16.5. The van der Waals surface area contributed by atoms with E-state index in [9.17, 15) is 9.59 Å². The third kappa shape index (κ3) is 6.45. The molecule has 0 unspecified atom stereocenters. The maximum atomic E-state index is 13.1. The van der Waals surface area contributed by atoms with Gasteiger partial charge in [-0.3, -0.25) is 9.59 Å². The molecule has 32 heavy (non-hydrogen) atoms. The average molecular weight is 442 g/mol. The SMILES string of the molecule is CCN(CC(=O)Nc1ccc(N2CCOCC2)cc1)C(=O)c1ccccc1OCCOC. The smallest absolute Gasteiger partial charge is 0.258 e. The number of ether oxygens (including phenoxy) is 3. The number of nitrogens with zero attached hydrogens (tertiary/aromatic N) is 2. The zero-order chi connectivity index (χ0) is 22.8. The standard InChI is InChI=1S/C24H31N3O5/c1-3-26(24(29)21-6-4-5-7-22(21)32-17-16-30-2)18-23(28)25-19-8-10-20(11-9-19)27-12-14-31-15-13-27/h4-11H,3,12-18H2,1-2H3,(H,25,28). The van der Waals surface area contributed by atoms with Gasteiger partial charge in [-0.1, -0.05) is 12.1 Å². The van der Waals surface area contributed by atoms with Crippen LogP contribution >= 0.6 is 0 Å². The van der Waals surface area contributed by atoms with Gasteiger partial charge in [0, 0.05) is 38.1 Å². The van der Waals surface area contributed by atoms with Crippen molar-refractivity contribution in [3.05, 3.63) is 54.1 Å². The number of nitrogens with one attached hydrogen (secondary N) is 1. The van der Waals surface area contributed by atoms with Gasteiger partial charge < -0.3 is 29.3 Å². The molecule has 3 rings (SSSR count). The molecular weight excluding hydrogens is 410 g/mol. The monoisotopic (exact) mass is 441 g/mol. The van der Waals surface area contributed by atoms with Crippen LogP contribution in [0.5, 0.6) is 5.75 Å². The van der Waals surface area contributed by atoms with Crippen LogP contribution in [0.1, 0.15) is 17.3 Å². The highest BCUT2D eigenvalue weighted by Gasteiger charge is 2.21. The molecule has 0 saturated carbocycles. The Bertz CT molecular complexity index is 881. The zero-order valence-electron chi connectivity index (χ0n) is 18.7. The van der Waals surface area contributed by atoms with Gasteiger partial charge in [0.25, 0.3) is 5.91 Å². The summed E-state index contributed by atoms with van der Waals surface area (Å²) >= 11 is 0. The van der Waals surface area contributed by atoms with Gasteiger partial charge in [0.1, 0.15) is 18.9 Å². The molecule has 0 aromatic heterocycles. The number of para-hydroxylation sites is 1. The Labute approximate surface area is 189 Å². The summed E-state index contributed by atoms with van der Waals surface area (Å²) in [5, 5.41) is 2.88. The number of hydrogen-bond acceptors (Lipinski definition) is 6. The summed E-state index contributed by atoms with van der Waals surface area (Å²) in [7, 11) is 1.59. The van der Waals surface area contributed by atoms with Gasteiger partial charge >= 0.3 is 0 Å². The first-order valence-corrected chi connectivity index (χ1v) is 10.8. The number of morpholine rings is 1. The van der Waals surface area contributed by atoms with E-state index in [2.05, 4.69) is 10.2 Å². The van der Waals surface area contributed by atoms with Crippen LogP contribution in [0.4, 0.5) is 11.4 Å². The van der Waals surface area contributed by atoms with E-state index in [1.165, 1.54) is 4.90 Å². The summed E-state index contributed by atoms with van der Waals surface area (Å²) in [6.07, 6.45) is 0. The van der Waals surface area contributed by atoms with Crippen LogP contribution in [-0.4, -0.2) is 76.4 Å². The maximum absolute atomic E-state index is 13.1. The molecular formula is C24H31N3O5.